The summed E-state index contributed by atoms with van der Waals surface area (Å²) in [5.41, 5.74) is 4.15. The van der Waals surface area contributed by atoms with Crippen molar-refractivity contribution in [2.24, 2.45) is 0 Å². The van der Waals surface area contributed by atoms with Gasteiger partial charge in [-0.3, -0.25) is 9.59 Å². The van der Waals surface area contributed by atoms with Crippen molar-refractivity contribution in [2.45, 2.75) is 0 Å². The van der Waals surface area contributed by atoms with Crippen LogP contribution in [0.4, 0.5) is 0 Å². The van der Waals surface area contributed by atoms with Crippen LogP contribution in [0, 0.1) is 28.6 Å². The van der Waals surface area contributed by atoms with Crippen molar-refractivity contribution in [1.29, 1.82) is 0 Å². The summed E-state index contributed by atoms with van der Waals surface area (Å²) in [7, 11) is 0. The number of carboxylic acid groups (broad SMARTS) is 2. The maximum absolute atomic E-state index is 12.5. The van der Waals surface area contributed by atoms with Crippen LogP contribution in [0.15, 0.2) is 91.2 Å². The van der Waals surface area contributed by atoms with Crippen LogP contribution in [-0.4, -0.2) is 27.6 Å². The summed E-state index contributed by atoms with van der Waals surface area (Å²) in [6, 6.07) is 20.2. The van der Waals surface area contributed by atoms with E-state index in [9.17, 15) is 39.6 Å². The minimum absolute atomic E-state index is 0. The van der Waals surface area contributed by atoms with Crippen LogP contribution >= 0.6 is 181 Å². The number of fused-ring (bicyclic) bond motifs is 4. The number of carbonyl (C=O) groups is 2. The molecule has 0 amide bonds. The van der Waals surface area contributed by atoms with Gasteiger partial charge >= 0.3 is 71.1 Å². The summed E-state index contributed by atoms with van der Waals surface area (Å²) in [5.74, 6) is -1.76. The monoisotopic (exact) mass is 1730 g/mol. The molecular weight excluding hydrogens is 1720 g/mol. The van der Waals surface area contributed by atoms with Crippen LogP contribution in [0.1, 0.15) is 20.7 Å². The Bertz CT molecular complexity index is 2940. The fourth-order valence-electron chi connectivity index (χ4n) is 6.33. The first-order chi connectivity index (χ1) is 27.4. The number of rotatable bonds is 4. The van der Waals surface area contributed by atoms with E-state index in [2.05, 4.69) is 0 Å². The zero-order chi connectivity index (χ0) is 42.1. The molecule has 0 bridgehead atoms. The van der Waals surface area contributed by atoms with E-state index in [1.54, 1.807) is 60.7 Å². The zero-order valence-corrected chi connectivity index (χ0v) is 51.9. The molecule has 4 aromatic carbocycles. The molecule has 0 spiro atoms. The predicted molar refractivity (Wildman–Crippen MR) is 287 cm³/mol. The van der Waals surface area contributed by atoms with Gasteiger partial charge in [-0.15, -0.1) is 0 Å². The molecule has 0 atom stereocenters. The molecule has 8 rings (SSSR count). The largest absolute Gasteiger partial charge is 1.00 e. The van der Waals surface area contributed by atoms with Gasteiger partial charge in [-0.1, -0.05) is 47.9 Å². The molecule has 21 heteroatoms. The van der Waals surface area contributed by atoms with Gasteiger partial charge in [-0.25, -0.2) is 9.59 Å². The average molecular weight is 1730 g/mol. The maximum atomic E-state index is 12.5. The van der Waals surface area contributed by atoms with E-state index in [1.165, 1.54) is 12.1 Å². The van der Waals surface area contributed by atoms with Gasteiger partial charge < -0.3 is 34.7 Å². The molecular formula is C40H16I8Na2O11. The second-order valence-electron chi connectivity index (χ2n) is 12.2. The second kappa shape index (κ2) is 22.1. The van der Waals surface area contributed by atoms with Gasteiger partial charge in [0.1, 0.15) is 18.3 Å². The van der Waals surface area contributed by atoms with Crippen LogP contribution in [0.25, 0.3) is 66.8 Å². The van der Waals surface area contributed by atoms with Gasteiger partial charge in [-0.2, -0.15) is 0 Å². The Labute approximate surface area is 498 Å². The molecule has 0 saturated carbocycles. The van der Waals surface area contributed by atoms with Gasteiger partial charge in [0, 0.05) is 47.3 Å². The normalized spacial score (nSPS) is 10.8. The molecule has 2 aliphatic carbocycles. The van der Waals surface area contributed by atoms with E-state index in [4.69, 9.17) is 8.83 Å². The fraction of sp³-hybridized carbons (Fsp3) is 0. The Hall–Kier alpha value is 0.600. The smallest absolute Gasteiger partial charge is 0.871 e. The predicted octanol–water partition coefficient (Wildman–Crippen LogP) is 4.69. The fourth-order valence-corrected chi connectivity index (χ4v) is 13.5. The number of aromatic carboxylic acids is 2. The molecule has 2 heterocycles. The standard InChI is InChI=1S/2C20H8I4O5.2Na.H2O/c2*21-11-5-9-13(7-3-1-2-4-8(7)20(27)28)10-6-12(22)17(26)15(24)19(10)29-18(9)14(23)16(11)25;;;/h2*1-6,25H,(H,27,28);;;1H2/q;;2*+1;/p-2. The Kier molecular flexibility index (Phi) is 19.7. The summed E-state index contributed by atoms with van der Waals surface area (Å²) in [5, 5.41) is 45.8. The third kappa shape index (κ3) is 10.2. The Balaban J connectivity index is 0.000000256. The Morgan fingerprint density at radius 1 is 0.492 bits per heavy atom. The van der Waals surface area contributed by atoms with Crippen molar-refractivity contribution in [1.82, 2.24) is 0 Å². The summed E-state index contributed by atoms with van der Waals surface area (Å²) in [6.07, 6.45) is 0. The molecule has 0 saturated heterocycles. The van der Waals surface area contributed by atoms with E-state index in [0.29, 0.717) is 95.4 Å². The summed E-state index contributed by atoms with van der Waals surface area (Å²) < 4.78 is 15.7. The summed E-state index contributed by atoms with van der Waals surface area (Å²) >= 11 is 15.6. The third-order valence-electron chi connectivity index (χ3n) is 8.86. The second-order valence-corrected chi connectivity index (χ2v) is 21.1. The van der Waals surface area contributed by atoms with Crippen molar-refractivity contribution >= 4 is 215 Å². The van der Waals surface area contributed by atoms with Crippen LogP contribution in [-0.2, 0) is 0 Å². The van der Waals surface area contributed by atoms with Gasteiger partial charge in [0.2, 0.25) is 10.9 Å². The Morgan fingerprint density at radius 3 is 1.15 bits per heavy atom. The van der Waals surface area contributed by atoms with Gasteiger partial charge in [0.15, 0.2) is 11.5 Å². The first kappa shape index (κ1) is 54.2. The number of benzene rings is 6. The van der Waals surface area contributed by atoms with Crippen LogP contribution in [0.5, 0.6) is 11.5 Å². The molecule has 61 heavy (non-hydrogen) atoms. The van der Waals surface area contributed by atoms with Crippen molar-refractivity contribution in [3.8, 4) is 56.4 Å². The number of hydrogen-bond donors (Lipinski definition) is 2. The van der Waals surface area contributed by atoms with Crippen molar-refractivity contribution in [3.63, 3.8) is 0 Å². The first-order valence-electron chi connectivity index (χ1n) is 16.0. The van der Waals surface area contributed by atoms with E-state index in [1.807, 2.05) is 181 Å². The molecule has 0 unspecified atom stereocenters. The van der Waals surface area contributed by atoms with Crippen molar-refractivity contribution in [3.05, 3.63) is 133 Å². The van der Waals surface area contributed by atoms with Crippen molar-refractivity contribution in [2.75, 3.05) is 0 Å². The topological polar surface area (TPSA) is 213 Å². The number of halogens is 8. The van der Waals surface area contributed by atoms with Gasteiger partial charge in [0.05, 0.1) is 18.3 Å². The molecule has 2 aliphatic heterocycles. The quantitative estimate of drug-likeness (QED) is 0.141. The van der Waals surface area contributed by atoms with Crippen LogP contribution < -0.4 is 80.2 Å². The van der Waals surface area contributed by atoms with E-state index in [-0.39, 0.29) is 98.1 Å². The summed E-state index contributed by atoms with van der Waals surface area (Å²) in [4.78, 5) is 48.9. The molecule has 11 nitrogen and oxygen atoms in total. The van der Waals surface area contributed by atoms with Crippen LogP contribution in [0.3, 0.4) is 0 Å². The first-order valence-corrected chi connectivity index (χ1v) is 24.6. The summed E-state index contributed by atoms with van der Waals surface area (Å²) in [6.45, 7) is 0. The number of hydrogen-bond acceptors (Lipinski definition) is 8. The van der Waals surface area contributed by atoms with Crippen molar-refractivity contribution < 1.29 is 103 Å². The molecule has 300 valence electrons. The SMILES string of the molecule is O.O=C(O)c1ccccc1-c1c2cc(I)c(=O)c(I)c-2oc2c(I)c([O-])c(I)cc12.O=C(O)c1ccccc1-c1c2cc(I)c(=O)c(I)c-2oc2c(I)c([O-])c(I)cc12.[Na+].[Na+]. The molecule has 0 aromatic heterocycles. The van der Waals surface area contributed by atoms with E-state index < -0.39 is 11.9 Å². The molecule has 4 N–H and O–H groups in total. The maximum Gasteiger partial charge on any atom is 1.00 e. The average Bonchev–Trinajstić information content (AvgIpc) is 3.20. The third-order valence-corrected chi connectivity index (χ3v) is 16.0. The zero-order valence-electron chi connectivity index (χ0n) is 30.6. The van der Waals surface area contributed by atoms with Crippen LogP contribution in [0.2, 0.25) is 0 Å². The Morgan fingerprint density at radius 2 is 0.820 bits per heavy atom. The molecule has 0 radical (unpaired) electrons. The molecule has 4 aromatic rings. The molecule has 4 aliphatic rings. The molecule has 0 fully saturated rings. The minimum atomic E-state index is -1.06. The van der Waals surface area contributed by atoms with E-state index in [0.717, 1.165) is 0 Å². The van der Waals surface area contributed by atoms with E-state index >= 15 is 0 Å². The number of carboxylic acids is 2. The minimum Gasteiger partial charge on any atom is -0.871 e. The van der Waals surface area contributed by atoms with Gasteiger partial charge in [0.25, 0.3) is 0 Å². The van der Waals surface area contributed by atoms with Gasteiger partial charge in [-0.05, 0) is 228 Å².